The number of H-pyrrole nitrogens is 1. The maximum Gasteiger partial charge on any atom is 0.254 e. The van der Waals surface area contributed by atoms with Crippen LogP contribution in [-0.4, -0.2) is 138 Å². The zero-order chi connectivity index (χ0) is 87.2. The molecule has 24 nitrogen and oxygen atoms in total. The van der Waals surface area contributed by atoms with Gasteiger partial charge in [0.15, 0.2) is 0 Å². The summed E-state index contributed by atoms with van der Waals surface area (Å²) < 4.78 is 85.6. The summed E-state index contributed by atoms with van der Waals surface area (Å²) in [6, 6.07) is 35.3. The maximum absolute atomic E-state index is 12.9. The summed E-state index contributed by atoms with van der Waals surface area (Å²) in [7, 11) is 6.43. The average molecular weight is 1760 g/mol. The zero-order valence-corrected chi connectivity index (χ0v) is 75.8. The molecule has 0 saturated carbocycles. The minimum Gasteiger partial charge on any atom is -0.496 e. The van der Waals surface area contributed by atoms with E-state index in [1.165, 1.54) is 24.5 Å². The van der Waals surface area contributed by atoms with Gasteiger partial charge in [0.25, 0.3) is 5.56 Å². The number of fused-ring (bicyclic) bond motifs is 5. The number of hydrogen-bond acceptors (Lipinski definition) is 23. The van der Waals surface area contributed by atoms with Gasteiger partial charge in [0.2, 0.25) is 35.3 Å². The van der Waals surface area contributed by atoms with Crippen LogP contribution in [0.15, 0.2) is 137 Å². The molecular weight excluding hydrogens is 1650 g/mol. The third-order valence-corrected chi connectivity index (χ3v) is 18.1. The molecule has 0 unspecified atom stereocenters. The molecule has 29 heteroatoms. The van der Waals surface area contributed by atoms with Gasteiger partial charge in [-0.2, -0.15) is 4.98 Å². The van der Waals surface area contributed by atoms with Gasteiger partial charge in [0, 0.05) is 76.2 Å². The molecule has 1 saturated heterocycles. The number of nitrogens with zero attached hydrogens (tertiary/aromatic N) is 8. The molecule has 0 bridgehead atoms. The molecule has 0 atom stereocenters. The van der Waals surface area contributed by atoms with Gasteiger partial charge < -0.3 is 71.8 Å². The van der Waals surface area contributed by atoms with Crippen LogP contribution in [0.2, 0.25) is 15.1 Å². The third-order valence-electron chi connectivity index (χ3n) is 16.3. The third kappa shape index (κ3) is 28.0. The van der Waals surface area contributed by atoms with Gasteiger partial charge >= 0.3 is 0 Å². The van der Waals surface area contributed by atoms with Crippen molar-refractivity contribution in [2.75, 3.05) is 78.2 Å². The van der Waals surface area contributed by atoms with Crippen molar-refractivity contribution in [2.24, 2.45) is 5.92 Å². The Labute approximate surface area is 720 Å². The molecule has 12 aromatic rings. The first-order valence-electron chi connectivity index (χ1n) is 39.5. The summed E-state index contributed by atoms with van der Waals surface area (Å²) in [5.74, 6) is 9.99. The molecule has 13 rings (SSSR count). The lowest BCUT2D eigenvalue weighted by Crippen LogP contribution is -2.24. The van der Waals surface area contributed by atoms with Crippen LogP contribution in [0, 0.1) is 18.7 Å². The first-order valence-corrected chi connectivity index (χ1v) is 41.4. The lowest BCUT2D eigenvalue weighted by Gasteiger charge is -2.16. The highest BCUT2D eigenvalue weighted by Gasteiger charge is 2.21. The number of ether oxygens (including phenoxy) is 13. The highest BCUT2D eigenvalue weighted by atomic mass is 79.9. The maximum atomic E-state index is 12.9. The number of halogens is 5. The van der Waals surface area contributed by atoms with E-state index in [4.69, 9.17) is 96.4 Å². The van der Waals surface area contributed by atoms with Gasteiger partial charge in [-0.15, -0.1) is 0 Å². The molecule has 2 N–H and O–H groups in total. The number of hydrogen-bond donors (Lipinski definition) is 2. The lowest BCUT2D eigenvalue weighted by atomic mass is 10.1. The number of pyridine rings is 4. The second-order valence-electron chi connectivity index (χ2n) is 28.4. The molecule has 6 aromatic carbocycles. The molecule has 119 heavy (non-hydrogen) atoms. The van der Waals surface area contributed by atoms with E-state index in [1.807, 2.05) is 177 Å². The lowest BCUT2D eigenvalue weighted by molar-refractivity contribution is 0.235. The smallest absolute Gasteiger partial charge is 0.254 e. The molecule has 640 valence electrons. The quantitative estimate of drug-likeness (QED) is 0.0539. The van der Waals surface area contributed by atoms with Gasteiger partial charge in [-0.1, -0.05) is 61.6 Å². The topological polar surface area (TPSA) is 258 Å². The largest absolute Gasteiger partial charge is 0.496 e. The van der Waals surface area contributed by atoms with E-state index < -0.39 is 0 Å². The van der Waals surface area contributed by atoms with Crippen LogP contribution in [0.5, 0.6) is 75.4 Å². The van der Waals surface area contributed by atoms with Gasteiger partial charge in [-0.25, -0.2) is 34.3 Å². The van der Waals surface area contributed by atoms with Crippen molar-refractivity contribution in [3.05, 3.63) is 169 Å². The Hall–Kier alpha value is -10.5. The van der Waals surface area contributed by atoms with Gasteiger partial charge in [0.1, 0.15) is 79.5 Å². The molecule has 0 spiro atoms. The summed E-state index contributed by atoms with van der Waals surface area (Å²) in [4.78, 5) is 47.0. The Morgan fingerprint density at radius 3 is 1.30 bits per heavy atom. The number of nitrogens with one attached hydrogen (secondary N) is 2. The van der Waals surface area contributed by atoms with Crippen LogP contribution < -0.4 is 77.4 Å². The summed E-state index contributed by atoms with van der Waals surface area (Å²) in [5.41, 5.74) is 5.06. The van der Waals surface area contributed by atoms with Crippen molar-refractivity contribution in [1.82, 2.24) is 39.9 Å². The summed E-state index contributed by atoms with van der Waals surface area (Å²) in [6.07, 6.45) is 4.02. The van der Waals surface area contributed by atoms with Crippen LogP contribution >= 0.6 is 50.7 Å². The van der Waals surface area contributed by atoms with Crippen LogP contribution in [0.1, 0.15) is 136 Å². The highest BCUT2D eigenvalue weighted by molar-refractivity contribution is 9.10. The number of methoxy groups -OCH3 is 4. The summed E-state index contributed by atoms with van der Waals surface area (Å²) >= 11 is 22.2. The van der Waals surface area contributed by atoms with Crippen molar-refractivity contribution in [2.45, 2.75) is 168 Å². The molecule has 1 aliphatic rings. The first kappa shape index (κ1) is 95.6. The fourth-order valence-electron chi connectivity index (χ4n) is 11.5. The van der Waals surface area contributed by atoms with E-state index in [2.05, 4.69) is 86.8 Å². The predicted octanol–water partition coefficient (Wildman–Crippen LogP) is 23.1. The van der Waals surface area contributed by atoms with Crippen molar-refractivity contribution in [1.29, 1.82) is 0 Å². The van der Waals surface area contributed by atoms with E-state index >= 15 is 0 Å². The van der Waals surface area contributed by atoms with Crippen molar-refractivity contribution in [3.8, 4) is 75.4 Å². The summed E-state index contributed by atoms with van der Waals surface area (Å²) in [6.45, 7) is 40.0. The molecule has 6 aromatic heterocycles. The van der Waals surface area contributed by atoms with E-state index in [1.54, 1.807) is 58.8 Å². The number of para-hydroxylation sites is 1. The van der Waals surface area contributed by atoms with Gasteiger partial charge in [-0.05, 0) is 223 Å². The van der Waals surface area contributed by atoms with Crippen molar-refractivity contribution in [3.63, 3.8) is 0 Å². The van der Waals surface area contributed by atoms with Gasteiger partial charge in [0.05, 0.1) is 122 Å². The Bertz CT molecular complexity index is 5050. The number of benzene rings is 6. The molecule has 1 aliphatic heterocycles. The van der Waals surface area contributed by atoms with Crippen molar-refractivity contribution < 1.29 is 66.0 Å². The molecule has 0 radical (unpaired) electrons. The molecule has 7 heterocycles. The van der Waals surface area contributed by atoms with Gasteiger partial charge in [-0.3, -0.25) is 9.78 Å². The normalized spacial score (nSPS) is 11.5. The fourth-order valence-corrected chi connectivity index (χ4v) is 12.9. The fraction of sp³-hybridized carbons (Fsp3) is 0.400. The van der Waals surface area contributed by atoms with Crippen molar-refractivity contribution >= 4 is 123 Å². The highest BCUT2D eigenvalue weighted by Crippen LogP contribution is 2.42. The molecule has 0 aliphatic carbocycles. The molecule has 1 fully saturated rings. The number of anilines is 3. The van der Waals surface area contributed by atoms with Crippen LogP contribution in [0.25, 0.3) is 54.5 Å². The Kier molecular flexibility index (Phi) is 38.0. The predicted molar refractivity (Wildman–Crippen MR) is 480 cm³/mol. The Morgan fingerprint density at radius 2 is 0.849 bits per heavy atom. The van der Waals surface area contributed by atoms with E-state index in [9.17, 15) is 9.18 Å². The SMILES string of the molecule is CC(C)C.CCOc1cc(OC(C)C)c2ccc(OC)c(Br)c2n1.CCOc1cc(OC(C)C)c2ccc(OC)c(C)c2n1.CCOc1cc(OC(C)C)c2ccc(OC)c(Cl)c2n1.CCOc1cc(OC(C)C)c2cccc(Cl)c2n1.COc1ccc2c(OC(C)C)ncnc2c1Cl.O=c1cc(Nc2ccc(F)cc2)nc(N2CCCC2)[nH]1. The van der Waals surface area contributed by atoms with E-state index in [0.29, 0.717) is 122 Å². The van der Waals surface area contributed by atoms with Crippen LogP contribution in [0.3, 0.4) is 0 Å². The molecule has 0 amide bonds. The molecular formula is C90H111BrCl3FN10O14. The standard InChI is InChI=1S/C16H21NO3.C15H18BrNO3.C15H18ClNO3.C14H16ClNO2.C14H15FN4O.C12H13ClN2O2.C4H10/c1-6-19-15-9-14(20-10(2)3)12-7-8-13(18-5)11(4)16(12)17-15;2*1-5-19-13-8-12(20-9(2)3)10-6-7-11(18-4)14(16)15(10)17-13;1-4-17-13-8-12(18-9(2)3)10-6-5-7-11(15)14(10)16-13;15-10-3-5-11(6-4-10)16-12-9-13(20)18-14(17-12)19-7-1-2-8-19;1-7(2)17-12-8-4-5-9(16-3)10(13)11(8)14-6-15-12;1-4(2)3/h7-10H,6H2,1-5H3;2*6-9H,5H2,1-4H3;5-9H,4H2,1-3H3;3-6,9H,1-2,7-8H2,(H2,16,17,18,20);4-7H,1-3H3;4H,1-3H3. The van der Waals surface area contributed by atoms with E-state index in [-0.39, 0.29) is 41.9 Å². The Balaban J connectivity index is 0.000000195. The minimum absolute atomic E-state index is 0.0500. The second kappa shape index (κ2) is 47.3. The number of rotatable bonds is 25. The first-order chi connectivity index (χ1) is 56.9. The summed E-state index contributed by atoms with van der Waals surface area (Å²) in [5, 5.41) is 8.97. The number of aryl methyl sites for hydroxylation is 1. The Morgan fingerprint density at radius 1 is 0.454 bits per heavy atom. The zero-order valence-electron chi connectivity index (χ0n) is 71.9. The van der Waals surface area contributed by atoms with Crippen LogP contribution in [0.4, 0.5) is 21.8 Å². The van der Waals surface area contributed by atoms with E-state index in [0.717, 1.165) is 109 Å². The second-order valence-corrected chi connectivity index (χ2v) is 30.4. The minimum atomic E-state index is -0.299. The number of aromatic nitrogens is 8. The average Bonchev–Trinajstić information content (AvgIpc) is 2.01. The van der Waals surface area contributed by atoms with Crippen LogP contribution in [-0.2, 0) is 0 Å². The number of aromatic amines is 1. The monoisotopic (exact) mass is 1760 g/mol.